The SMILES string of the molecule is C1=CC2=C(C=CC1)C1(c3ccccc32)c2ccccc2-c2ccc(C3=NC(C4=CCCC=C4)N=C(c4ccccc4)N3)cc21. The first-order valence-corrected chi connectivity index (χ1v) is 15.6. The van der Waals surface area contributed by atoms with Gasteiger partial charge in [0.05, 0.1) is 5.41 Å². The smallest absolute Gasteiger partial charge is 0.169 e. The molecule has 0 bridgehead atoms. The summed E-state index contributed by atoms with van der Waals surface area (Å²) in [7, 11) is 0. The lowest BCUT2D eigenvalue weighted by molar-refractivity contribution is 0.783. The summed E-state index contributed by atoms with van der Waals surface area (Å²) in [4.78, 5) is 10.3. The Bertz CT molecular complexity index is 2070. The second-order valence-corrected chi connectivity index (χ2v) is 12.0. The first-order valence-electron chi connectivity index (χ1n) is 15.6. The quantitative estimate of drug-likeness (QED) is 0.265. The minimum Gasteiger partial charge on any atom is -0.324 e. The van der Waals surface area contributed by atoms with Gasteiger partial charge < -0.3 is 5.32 Å². The van der Waals surface area contributed by atoms with E-state index in [4.69, 9.17) is 9.98 Å². The fraction of sp³-hybridized carbons (Fsp3) is 0.122. The molecule has 3 nitrogen and oxygen atoms in total. The summed E-state index contributed by atoms with van der Waals surface area (Å²) in [5.41, 5.74) is 13.5. The summed E-state index contributed by atoms with van der Waals surface area (Å²) < 4.78 is 0. The van der Waals surface area contributed by atoms with E-state index >= 15 is 0 Å². The van der Waals surface area contributed by atoms with Gasteiger partial charge in [0.1, 0.15) is 11.7 Å². The maximum atomic E-state index is 5.24. The lowest BCUT2D eigenvalue weighted by Crippen LogP contribution is -2.38. The van der Waals surface area contributed by atoms with Gasteiger partial charge in [-0.3, -0.25) is 0 Å². The Kier molecular flexibility index (Phi) is 5.67. The van der Waals surface area contributed by atoms with Crippen LogP contribution in [0, 0.1) is 0 Å². The Balaban J connectivity index is 1.26. The number of hydrogen-bond donors (Lipinski definition) is 1. The third-order valence-electron chi connectivity index (χ3n) is 9.58. The zero-order chi connectivity index (χ0) is 29.1. The van der Waals surface area contributed by atoms with Crippen molar-refractivity contribution in [2.75, 3.05) is 0 Å². The zero-order valence-corrected chi connectivity index (χ0v) is 24.4. The molecule has 4 aliphatic carbocycles. The number of nitrogens with one attached hydrogen (secondary N) is 1. The van der Waals surface area contributed by atoms with E-state index in [2.05, 4.69) is 139 Å². The number of nitrogens with zero attached hydrogens (tertiary/aromatic N) is 2. The lowest BCUT2D eigenvalue weighted by atomic mass is 9.69. The molecule has 0 saturated heterocycles. The highest BCUT2D eigenvalue weighted by Gasteiger charge is 2.52. The minimum absolute atomic E-state index is 0.283. The van der Waals surface area contributed by atoms with Gasteiger partial charge >= 0.3 is 0 Å². The highest BCUT2D eigenvalue weighted by atomic mass is 15.2. The molecule has 1 N–H and O–H groups in total. The molecule has 0 fully saturated rings. The number of allylic oxidation sites excluding steroid dienone is 8. The monoisotopic (exact) mass is 565 g/mol. The van der Waals surface area contributed by atoms with Crippen LogP contribution in [0.4, 0.5) is 0 Å². The van der Waals surface area contributed by atoms with Crippen molar-refractivity contribution in [2.24, 2.45) is 9.98 Å². The number of aliphatic imine (C=N–C) groups is 2. The van der Waals surface area contributed by atoms with Crippen LogP contribution in [0.15, 0.2) is 161 Å². The largest absolute Gasteiger partial charge is 0.324 e. The van der Waals surface area contributed by atoms with Crippen LogP contribution in [0.2, 0.25) is 0 Å². The van der Waals surface area contributed by atoms with Crippen molar-refractivity contribution in [1.82, 2.24) is 5.32 Å². The summed E-state index contributed by atoms with van der Waals surface area (Å²) in [6.45, 7) is 0. The predicted molar refractivity (Wildman–Crippen MR) is 181 cm³/mol. The summed E-state index contributed by atoms with van der Waals surface area (Å²) in [6, 6.07) is 35.3. The second-order valence-electron chi connectivity index (χ2n) is 12.0. The summed E-state index contributed by atoms with van der Waals surface area (Å²) >= 11 is 0. The fourth-order valence-corrected chi connectivity index (χ4v) is 7.70. The maximum Gasteiger partial charge on any atom is 0.169 e. The van der Waals surface area contributed by atoms with Crippen LogP contribution in [0.3, 0.4) is 0 Å². The van der Waals surface area contributed by atoms with Gasteiger partial charge in [-0.25, -0.2) is 9.98 Å². The molecule has 210 valence electrons. The van der Waals surface area contributed by atoms with E-state index in [0.29, 0.717) is 0 Å². The van der Waals surface area contributed by atoms with Crippen molar-refractivity contribution in [3.63, 3.8) is 0 Å². The molecule has 3 heteroatoms. The fourth-order valence-electron chi connectivity index (χ4n) is 7.70. The normalized spacial score (nSPS) is 22.4. The molecule has 44 heavy (non-hydrogen) atoms. The van der Waals surface area contributed by atoms with Crippen molar-refractivity contribution in [3.05, 3.63) is 184 Å². The van der Waals surface area contributed by atoms with Gasteiger partial charge in [0.25, 0.3) is 0 Å². The third-order valence-corrected chi connectivity index (χ3v) is 9.58. The molecule has 0 radical (unpaired) electrons. The molecule has 0 amide bonds. The number of hydrogen-bond acceptors (Lipinski definition) is 3. The molecule has 2 unspecified atom stereocenters. The van der Waals surface area contributed by atoms with Crippen LogP contribution in [-0.2, 0) is 5.41 Å². The van der Waals surface area contributed by atoms with Gasteiger partial charge in [-0.15, -0.1) is 0 Å². The number of fused-ring (bicyclic) bond motifs is 9. The summed E-state index contributed by atoms with van der Waals surface area (Å²) in [5, 5.41) is 3.64. The second kappa shape index (κ2) is 9.89. The van der Waals surface area contributed by atoms with Gasteiger partial charge in [0.15, 0.2) is 6.17 Å². The highest BCUT2D eigenvalue weighted by molar-refractivity contribution is 6.16. The van der Waals surface area contributed by atoms with Crippen LogP contribution >= 0.6 is 0 Å². The molecule has 1 spiro atoms. The molecule has 0 aromatic heterocycles. The standard InChI is InChI=1S/C41H31N3/c1-4-14-27(15-5-1)38-42-39(28-16-6-2-7-17-28)44-40(43-38)29-24-25-33-32-20-11-13-23-36(32)41(37(33)26-29)34-21-9-3-8-18-30(34)31-19-10-12-22-35(31)41/h1,4-6,8-26,39H,2-3,7H2,(H,42,43,44). The molecular formula is C41H31N3. The molecular weight excluding hydrogens is 534 g/mol. The van der Waals surface area contributed by atoms with E-state index in [1.165, 1.54) is 44.5 Å². The van der Waals surface area contributed by atoms with Gasteiger partial charge in [0, 0.05) is 11.1 Å². The van der Waals surface area contributed by atoms with E-state index in [9.17, 15) is 0 Å². The van der Waals surface area contributed by atoms with Crippen molar-refractivity contribution in [1.29, 1.82) is 0 Å². The van der Waals surface area contributed by atoms with E-state index in [0.717, 1.165) is 47.6 Å². The van der Waals surface area contributed by atoms with Crippen molar-refractivity contribution in [2.45, 2.75) is 30.8 Å². The predicted octanol–water partition coefficient (Wildman–Crippen LogP) is 8.68. The maximum absolute atomic E-state index is 5.24. The lowest BCUT2D eigenvalue weighted by Gasteiger charge is -2.32. The molecule has 5 aliphatic rings. The molecule has 0 saturated carbocycles. The van der Waals surface area contributed by atoms with Crippen LogP contribution in [-0.4, -0.2) is 17.8 Å². The third kappa shape index (κ3) is 3.62. The Morgan fingerprint density at radius 1 is 0.591 bits per heavy atom. The van der Waals surface area contributed by atoms with E-state index in [1.54, 1.807) is 0 Å². The topological polar surface area (TPSA) is 36.8 Å². The van der Waals surface area contributed by atoms with Crippen LogP contribution in [0.25, 0.3) is 16.7 Å². The van der Waals surface area contributed by atoms with Gasteiger partial charge in [-0.05, 0) is 75.4 Å². The molecule has 9 rings (SSSR count). The average Bonchev–Trinajstić information content (AvgIpc) is 3.40. The van der Waals surface area contributed by atoms with Crippen molar-refractivity contribution >= 4 is 17.2 Å². The molecule has 4 aromatic carbocycles. The molecule has 2 atom stereocenters. The van der Waals surface area contributed by atoms with Crippen LogP contribution < -0.4 is 5.32 Å². The molecule has 1 heterocycles. The minimum atomic E-state index is -0.390. The van der Waals surface area contributed by atoms with E-state index in [-0.39, 0.29) is 6.17 Å². The zero-order valence-electron chi connectivity index (χ0n) is 24.4. The average molecular weight is 566 g/mol. The van der Waals surface area contributed by atoms with Gasteiger partial charge in [-0.1, -0.05) is 134 Å². The Labute approximate surface area is 258 Å². The van der Waals surface area contributed by atoms with Crippen LogP contribution in [0.5, 0.6) is 0 Å². The van der Waals surface area contributed by atoms with Crippen molar-refractivity contribution in [3.8, 4) is 11.1 Å². The van der Waals surface area contributed by atoms with Gasteiger partial charge in [-0.2, -0.15) is 0 Å². The van der Waals surface area contributed by atoms with E-state index < -0.39 is 5.41 Å². The van der Waals surface area contributed by atoms with Gasteiger partial charge in [0.2, 0.25) is 0 Å². The number of amidine groups is 2. The highest BCUT2D eigenvalue weighted by Crippen LogP contribution is 2.62. The number of benzene rings is 4. The van der Waals surface area contributed by atoms with E-state index in [1.807, 2.05) is 6.07 Å². The Morgan fingerprint density at radius 3 is 2.11 bits per heavy atom. The Morgan fingerprint density at radius 2 is 1.30 bits per heavy atom. The van der Waals surface area contributed by atoms with Crippen molar-refractivity contribution < 1.29 is 0 Å². The molecule has 1 aliphatic heterocycles. The summed E-state index contributed by atoms with van der Waals surface area (Å²) in [5.74, 6) is 1.71. The first kappa shape index (κ1) is 25.2. The first-order chi connectivity index (χ1) is 21.8. The van der Waals surface area contributed by atoms with Crippen LogP contribution in [0.1, 0.15) is 52.6 Å². The summed E-state index contributed by atoms with van der Waals surface area (Å²) in [6.07, 6.45) is 18.8. The Hall–Kier alpha value is -5.28. The number of rotatable bonds is 3. The molecule has 4 aromatic rings.